The molecule has 1 heterocycles. The molecule has 1 fully saturated rings. The lowest BCUT2D eigenvalue weighted by Gasteiger charge is -2.39. The lowest BCUT2D eigenvalue weighted by Crippen LogP contribution is -2.59. The Morgan fingerprint density at radius 1 is 0.559 bits per heavy atom. The van der Waals surface area contributed by atoms with Gasteiger partial charge >= 0.3 is 5.97 Å². The molecule has 0 bridgehead atoms. The van der Waals surface area contributed by atoms with Crippen LogP contribution in [-0.2, 0) is 23.7 Å². The molecule has 9 nitrogen and oxygen atoms in total. The largest absolute Gasteiger partial charge is 0.457 e. The fourth-order valence-electron chi connectivity index (χ4n) is 6.18. The van der Waals surface area contributed by atoms with Crippen LogP contribution in [0.3, 0.4) is 0 Å². The van der Waals surface area contributed by atoms with E-state index in [1.54, 1.807) is 0 Å². The van der Waals surface area contributed by atoms with E-state index < -0.39 is 43.4 Å². The first kappa shape index (κ1) is 54.1. The SMILES string of the molecule is CC/C=C\C/C=C\C/C=C\C/C=C\C/C=C\C/C=C\CCCOCC(COC1OC(CO)C(O)C(O)C1O)OC(=O)CCCCCCC/C=C\C/C=C\CCCCCC. The highest BCUT2D eigenvalue weighted by Gasteiger charge is 2.44. The topological polar surface area (TPSA) is 135 Å². The molecule has 0 spiro atoms. The summed E-state index contributed by atoms with van der Waals surface area (Å²) >= 11 is 0. The summed E-state index contributed by atoms with van der Waals surface area (Å²) in [6.45, 7) is 4.23. The number of carbonyl (C=O) groups excluding carboxylic acids is 1. The third-order valence-electron chi connectivity index (χ3n) is 9.73. The molecule has 336 valence electrons. The summed E-state index contributed by atoms with van der Waals surface area (Å²) < 4.78 is 22.7. The zero-order valence-corrected chi connectivity index (χ0v) is 36.7. The van der Waals surface area contributed by atoms with Crippen LogP contribution in [0.2, 0.25) is 0 Å². The number of aliphatic hydroxyl groups is 4. The monoisotopic (exact) mass is 827 g/mol. The Hall–Kier alpha value is -2.89. The zero-order chi connectivity index (χ0) is 42.9. The highest BCUT2D eigenvalue weighted by molar-refractivity contribution is 5.69. The number of carbonyl (C=O) groups is 1. The van der Waals surface area contributed by atoms with Crippen molar-refractivity contribution in [3.05, 3.63) is 97.2 Å². The summed E-state index contributed by atoms with van der Waals surface area (Å²) in [7, 11) is 0. The minimum absolute atomic E-state index is 0.0924. The van der Waals surface area contributed by atoms with E-state index in [0.29, 0.717) is 6.61 Å². The van der Waals surface area contributed by atoms with E-state index in [9.17, 15) is 25.2 Å². The van der Waals surface area contributed by atoms with Crippen LogP contribution < -0.4 is 0 Å². The molecule has 4 N–H and O–H groups in total. The number of aliphatic hydroxyl groups excluding tert-OH is 4. The van der Waals surface area contributed by atoms with Crippen molar-refractivity contribution in [1.29, 1.82) is 0 Å². The van der Waals surface area contributed by atoms with Gasteiger partial charge in [-0.3, -0.25) is 4.79 Å². The molecule has 0 aromatic heterocycles. The highest BCUT2D eigenvalue weighted by atomic mass is 16.7. The van der Waals surface area contributed by atoms with Gasteiger partial charge in [-0.2, -0.15) is 0 Å². The van der Waals surface area contributed by atoms with Crippen molar-refractivity contribution in [2.24, 2.45) is 0 Å². The van der Waals surface area contributed by atoms with Crippen LogP contribution in [-0.4, -0.2) is 89.6 Å². The number of esters is 1. The van der Waals surface area contributed by atoms with E-state index in [2.05, 4.69) is 111 Å². The molecule has 0 aliphatic carbocycles. The second-order valence-electron chi connectivity index (χ2n) is 15.1. The van der Waals surface area contributed by atoms with Gasteiger partial charge in [0.05, 0.1) is 19.8 Å². The molecule has 59 heavy (non-hydrogen) atoms. The standard InChI is InChI=1S/C50H82O9/c1-3-5-7-9-11-13-15-17-19-21-22-23-24-26-28-30-32-34-36-38-40-56-42-44(43-57-50-49(55)48(54)47(53)45(41-51)59-50)58-46(52)39-37-35-33-31-29-27-25-20-18-16-14-12-10-8-6-4-2/h5,7,11,13-14,16-17,19-20,22-23,25-26,28,32,34,44-45,47-51,53-55H,3-4,6,8-10,12,15,18,21,24,27,29-31,33,35-43H2,1-2H3/b7-5-,13-11-,16-14-,19-17-,23-22-,25-20-,28-26-,34-32-. The summed E-state index contributed by atoms with van der Waals surface area (Å²) in [6, 6.07) is 0. The van der Waals surface area contributed by atoms with Crippen LogP contribution in [0, 0.1) is 0 Å². The predicted octanol–water partition coefficient (Wildman–Crippen LogP) is 10.4. The molecule has 0 aromatic carbocycles. The van der Waals surface area contributed by atoms with Gasteiger partial charge in [-0.15, -0.1) is 0 Å². The molecule has 1 aliphatic rings. The van der Waals surface area contributed by atoms with Gasteiger partial charge < -0.3 is 39.4 Å². The smallest absolute Gasteiger partial charge is 0.306 e. The van der Waals surface area contributed by atoms with Crippen LogP contribution in [0.1, 0.15) is 149 Å². The van der Waals surface area contributed by atoms with Gasteiger partial charge in [0, 0.05) is 13.0 Å². The fourth-order valence-corrected chi connectivity index (χ4v) is 6.18. The third-order valence-corrected chi connectivity index (χ3v) is 9.73. The van der Waals surface area contributed by atoms with Gasteiger partial charge in [0.1, 0.15) is 30.5 Å². The van der Waals surface area contributed by atoms with Gasteiger partial charge in [0.25, 0.3) is 0 Å². The number of unbranched alkanes of at least 4 members (excludes halogenated alkanes) is 10. The van der Waals surface area contributed by atoms with Gasteiger partial charge in [-0.1, -0.05) is 150 Å². The molecule has 9 heteroatoms. The summed E-state index contributed by atoms with van der Waals surface area (Å²) in [6.07, 6.45) is 48.7. The first-order valence-corrected chi connectivity index (χ1v) is 22.8. The minimum Gasteiger partial charge on any atom is -0.457 e. The van der Waals surface area contributed by atoms with Crippen molar-refractivity contribution in [1.82, 2.24) is 0 Å². The maximum absolute atomic E-state index is 12.8. The number of ether oxygens (including phenoxy) is 4. The maximum Gasteiger partial charge on any atom is 0.306 e. The van der Waals surface area contributed by atoms with Gasteiger partial charge in [-0.05, 0) is 89.9 Å². The Morgan fingerprint density at radius 2 is 1.03 bits per heavy atom. The van der Waals surface area contributed by atoms with Crippen molar-refractivity contribution in [2.45, 2.75) is 185 Å². The summed E-state index contributed by atoms with van der Waals surface area (Å²) in [5.74, 6) is -0.352. The van der Waals surface area contributed by atoms with Crippen molar-refractivity contribution in [2.75, 3.05) is 26.4 Å². The number of hydrogen-bond acceptors (Lipinski definition) is 9. The molecule has 6 atom stereocenters. The second-order valence-corrected chi connectivity index (χ2v) is 15.1. The van der Waals surface area contributed by atoms with Crippen molar-refractivity contribution < 1.29 is 44.2 Å². The van der Waals surface area contributed by atoms with E-state index in [1.807, 2.05) is 0 Å². The molecule has 6 unspecified atom stereocenters. The molecular formula is C50H82O9. The van der Waals surface area contributed by atoms with Crippen LogP contribution in [0.4, 0.5) is 0 Å². The van der Waals surface area contributed by atoms with Crippen molar-refractivity contribution >= 4 is 5.97 Å². The van der Waals surface area contributed by atoms with Gasteiger partial charge in [-0.25, -0.2) is 0 Å². The zero-order valence-electron chi connectivity index (χ0n) is 36.7. The van der Waals surface area contributed by atoms with E-state index in [1.165, 1.54) is 32.1 Å². The molecule has 0 aromatic rings. The van der Waals surface area contributed by atoms with Gasteiger partial charge in [0.2, 0.25) is 0 Å². The minimum atomic E-state index is -1.56. The maximum atomic E-state index is 12.8. The summed E-state index contributed by atoms with van der Waals surface area (Å²) in [5.41, 5.74) is 0. The quantitative estimate of drug-likeness (QED) is 0.0274. The Morgan fingerprint density at radius 3 is 1.56 bits per heavy atom. The molecule has 1 rings (SSSR count). The fraction of sp³-hybridized carbons (Fsp3) is 0.660. The van der Waals surface area contributed by atoms with E-state index in [4.69, 9.17) is 18.9 Å². The van der Waals surface area contributed by atoms with Crippen molar-refractivity contribution in [3.63, 3.8) is 0 Å². The Balaban J connectivity index is 2.34. The number of hydrogen-bond donors (Lipinski definition) is 4. The predicted molar refractivity (Wildman–Crippen MR) is 242 cm³/mol. The normalized spacial score (nSPS) is 21.1. The Bertz CT molecular complexity index is 1210. The van der Waals surface area contributed by atoms with Crippen LogP contribution in [0.5, 0.6) is 0 Å². The first-order chi connectivity index (χ1) is 28.9. The second kappa shape index (κ2) is 40.5. The summed E-state index contributed by atoms with van der Waals surface area (Å²) in [5, 5.41) is 40.1. The van der Waals surface area contributed by atoms with Crippen LogP contribution in [0.15, 0.2) is 97.2 Å². The lowest BCUT2D eigenvalue weighted by molar-refractivity contribution is -0.305. The number of allylic oxidation sites excluding steroid dienone is 16. The highest BCUT2D eigenvalue weighted by Crippen LogP contribution is 2.22. The van der Waals surface area contributed by atoms with Gasteiger partial charge in [0.15, 0.2) is 6.29 Å². The first-order valence-electron chi connectivity index (χ1n) is 22.8. The van der Waals surface area contributed by atoms with E-state index in [-0.39, 0.29) is 25.6 Å². The molecule has 1 saturated heterocycles. The molecule has 1 aliphatic heterocycles. The molecule has 0 radical (unpaired) electrons. The third kappa shape index (κ3) is 31.6. The molecule has 0 saturated carbocycles. The Labute approximate surface area is 358 Å². The van der Waals surface area contributed by atoms with E-state index >= 15 is 0 Å². The van der Waals surface area contributed by atoms with E-state index in [0.717, 1.165) is 96.3 Å². The molecule has 0 amide bonds. The van der Waals surface area contributed by atoms with Crippen LogP contribution >= 0.6 is 0 Å². The summed E-state index contributed by atoms with van der Waals surface area (Å²) in [4.78, 5) is 12.8. The molecular weight excluding hydrogens is 745 g/mol. The average molecular weight is 827 g/mol. The van der Waals surface area contributed by atoms with Crippen LogP contribution in [0.25, 0.3) is 0 Å². The number of rotatable bonds is 37. The Kier molecular flexibility index (Phi) is 37.2. The lowest BCUT2D eigenvalue weighted by atomic mass is 9.99. The van der Waals surface area contributed by atoms with Crippen molar-refractivity contribution in [3.8, 4) is 0 Å². The average Bonchev–Trinajstić information content (AvgIpc) is 3.24.